The first kappa shape index (κ1) is 19.6. The first-order valence-electron chi connectivity index (χ1n) is 8.31. The maximum Gasteiger partial charge on any atom is 0.390 e. The molecule has 1 aliphatic heterocycles. The minimum atomic E-state index is -4.22. The Balaban J connectivity index is 1.75. The van der Waals surface area contributed by atoms with Crippen LogP contribution in [0.5, 0.6) is 0 Å². The summed E-state index contributed by atoms with van der Waals surface area (Å²) in [7, 11) is 0. The summed E-state index contributed by atoms with van der Waals surface area (Å²) in [4.78, 5) is 19.3. The molecule has 1 amide bonds. The molecular weight excluding hydrogens is 353 g/mol. The van der Waals surface area contributed by atoms with E-state index >= 15 is 0 Å². The zero-order valence-electron chi connectivity index (χ0n) is 14.2. The molecule has 140 valence electrons. The number of carbonyl (C=O) groups excluding carboxylic acids is 1. The molecule has 0 atom stereocenters. The summed E-state index contributed by atoms with van der Waals surface area (Å²) in [6, 6.07) is 2.05. The number of hydrogen-bond acceptors (Lipinski definition) is 3. The summed E-state index contributed by atoms with van der Waals surface area (Å²) in [6.45, 7) is 3.73. The second kappa shape index (κ2) is 9.07. The van der Waals surface area contributed by atoms with Gasteiger partial charge in [0.15, 0.2) is 5.96 Å². The van der Waals surface area contributed by atoms with Gasteiger partial charge in [0.25, 0.3) is 0 Å². The van der Waals surface area contributed by atoms with E-state index in [9.17, 15) is 18.0 Å². The Bertz CT molecular complexity index is 600. The van der Waals surface area contributed by atoms with Crippen molar-refractivity contribution in [3.05, 3.63) is 21.9 Å². The van der Waals surface area contributed by atoms with Crippen molar-refractivity contribution in [2.24, 2.45) is 4.99 Å². The summed E-state index contributed by atoms with van der Waals surface area (Å²) in [5, 5.41) is 7.84. The summed E-state index contributed by atoms with van der Waals surface area (Å²) < 4.78 is 36.5. The number of alkyl halides is 3. The fourth-order valence-corrected chi connectivity index (χ4v) is 3.43. The van der Waals surface area contributed by atoms with E-state index in [1.807, 2.05) is 23.3 Å². The van der Waals surface area contributed by atoms with E-state index in [2.05, 4.69) is 15.6 Å². The minimum Gasteiger partial charge on any atom is -0.357 e. The summed E-state index contributed by atoms with van der Waals surface area (Å²) >= 11 is 1.72. The quantitative estimate of drug-likeness (QED) is 0.593. The van der Waals surface area contributed by atoms with Crippen molar-refractivity contribution in [3.63, 3.8) is 0 Å². The van der Waals surface area contributed by atoms with E-state index in [4.69, 9.17) is 0 Å². The standard InChI is InChI=1S/C16H23F3N4OS/c1-2-20-15(22-8-6-16(17,18)19)21-7-3-14(24)23-9-4-13-12(11-23)5-10-25-13/h5,10H,2-4,6-9,11H2,1H3,(H2,20,21,22). The van der Waals surface area contributed by atoms with Gasteiger partial charge in [-0.25, -0.2) is 0 Å². The van der Waals surface area contributed by atoms with E-state index in [0.29, 0.717) is 32.1 Å². The SMILES string of the molecule is CCNC(=NCCC(F)(F)F)NCCC(=O)N1CCc2sccc2C1. The second-order valence-electron chi connectivity index (χ2n) is 5.74. The van der Waals surface area contributed by atoms with Crippen LogP contribution in [0.1, 0.15) is 30.2 Å². The van der Waals surface area contributed by atoms with Crippen LogP contribution >= 0.6 is 11.3 Å². The first-order valence-corrected chi connectivity index (χ1v) is 9.19. The third kappa shape index (κ3) is 6.56. The Hall–Kier alpha value is -1.77. The average Bonchev–Trinajstić information content (AvgIpc) is 3.01. The number of nitrogens with one attached hydrogen (secondary N) is 2. The van der Waals surface area contributed by atoms with Gasteiger partial charge in [-0.05, 0) is 30.4 Å². The second-order valence-corrected chi connectivity index (χ2v) is 6.74. The van der Waals surface area contributed by atoms with Gasteiger partial charge in [0.05, 0.1) is 13.0 Å². The Morgan fingerprint density at radius 2 is 2.20 bits per heavy atom. The van der Waals surface area contributed by atoms with Crippen LogP contribution in [0.4, 0.5) is 13.2 Å². The monoisotopic (exact) mass is 376 g/mol. The van der Waals surface area contributed by atoms with Crippen LogP contribution in [-0.4, -0.2) is 49.1 Å². The predicted octanol–water partition coefficient (Wildman–Crippen LogP) is 2.53. The highest BCUT2D eigenvalue weighted by atomic mass is 32.1. The van der Waals surface area contributed by atoms with Crippen LogP contribution in [0.3, 0.4) is 0 Å². The average molecular weight is 376 g/mol. The van der Waals surface area contributed by atoms with Gasteiger partial charge in [-0.2, -0.15) is 13.2 Å². The van der Waals surface area contributed by atoms with Crippen molar-refractivity contribution in [1.82, 2.24) is 15.5 Å². The van der Waals surface area contributed by atoms with Crippen LogP contribution in [-0.2, 0) is 17.8 Å². The zero-order chi connectivity index (χ0) is 18.3. The summed E-state index contributed by atoms with van der Waals surface area (Å²) in [6.07, 6.45) is -4.01. The number of halogens is 3. The van der Waals surface area contributed by atoms with E-state index in [1.54, 1.807) is 11.3 Å². The molecule has 0 fully saturated rings. The lowest BCUT2D eigenvalue weighted by Gasteiger charge is -2.27. The molecule has 2 rings (SSSR count). The highest BCUT2D eigenvalue weighted by molar-refractivity contribution is 7.10. The lowest BCUT2D eigenvalue weighted by Crippen LogP contribution is -2.41. The predicted molar refractivity (Wildman–Crippen MR) is 92.7 cm³/mol. The highest BCUT2D eigenvalue weighted by Crippen LogP contribution is 2.24. The maximum atomic E-state index is 12.3. The number of fused-ring (bicyclic) bond motifs is 1. The van der Waals surface area contributed by atoms with Crippen molar-refractivity contribution in [2.75, 3.05) is 26.2 Å². The van der Waals surface area contributed by atoms with Crippen molar-refractivity contribution < 1.29 is 18.0 Å². The van der Waals surface area contributed by atoms with E-state index in [0.717, 1.165) is 6.42 Å². The number of amides is 1. The van der Waals surface area contributed by atoms with Gasteiger partial charge in [-0.15, -0.1) is 11.3 Å². The van der Waals surface area contributed by atoms with Crippen LogP contribution < -0.4 is 10.6 Å². The third-order valence-electron chi connectivity index (χ3n) is 3.80. The van der Waals surface area contributed by atoms with Gasteiger partial charge >= 0.3 is 6.18 Å². The van der Waals surface area contributed by atoms with Gasteiger partial charge in [-0.1, -0.05) is 0 Å². The molecule has 1 aromatic rings. The largest absolute Gasteiger partial charge is 0.390 e. The Kier molecular flexibility index (Phi) is 7.10. The number of nitrogens with zero attached hydrogens (tertiary/aromatic N) is 2. The molecule has 0 saturated carbocycles. The molecule has 2 N–H and O–H groups in total. The topological polar surface area (TPSA) is 56.7 Å². The van der Waals surface area contributed by atoms with Crippen LogP contribution in [0, 0.1) is 0 Å². The van der Waals surface area contributed by atoms with Crippen LogP contribution in [0.2, 0.25) is 0 Å². The number of rotatable bonds is 6. The lowest BCUT2D eigenvalue weighted by atomic mass is 10.1. The van der Waals surface area contributed by atoms with Gasteiger partial charge in [0.1, 0.15) is 0 Å². The van der Waals surface area contributed by atoms with E-state index in [-0.39, 0.29) is 18.9 Å². The number of guanidine groups is 1. The van der Waals surface area contributed by atoms with Gasteiger partial charge in [0, 0.05) is 37.5 Å². The molecule has 0 spiro atoms. The lowest BCUT2D eigenvalue weighted by molar-refractivity contribution is -0.132. The van der Waals surface area contributed by atoms with Crippen LogP contribution in [0.25, 0.3) is 0 Å². The molecule has 0 radical (unpaired) electrons. The Morgan fingerprint density at radius 1 is 1.40 bits per heavy atom. The van der Waals surface area contributed by atoms with E-state index < -0.39 is 12.6 Å². The number of carbonyl (C=O) groups is 1. The molecular formula is C16H23F3N4OS. The normalized spacial score (nSPS) is 15.0. The molecule has 0 aliphatic carbocycles. The molecule has 0 aromatic carbocycles. The van der Waals surface area contributed by atoms with Crippen molar-refractivity contribution in [3.8, 4) is 0 Å². The molecule has 1 aromatic heterocycles. The van der Waals surface area contributed by atoms with Crippen molar-refractivity contribution in [1.29, 1.82) is 0 Å². The fraction of sp³-hybridized carbons (Fsp3) is 0.625. The van der Waals surface area contributed by atoms with Crippen molar-refractivity contribution >= 4 is 23.2 Å². The van der Waals surface area contributed by atoms with Gasteiger partial charge < -0.3 is 15.5 Å². The molecule has 2 heterocycles. The van der Waals surface area contributed by atoms with Gasteiger partial charge in [0.2, 0.25) is 5.91 Å². The Labute approximate surface area is 149 Å². The third-order valence-corrected chi connectivity index (χ3v) is 4.82. The molecule has 0 bridgehead atoms. The molecule has 1 aliphatic rings. The van der Waals surface area contributed by atoms with Crippen LogP contribution in [0.15, 0.2) is 16.4 Å². The smallest absolute Gasteiger partial charge is 0.357 e. The summed E-state index contributed by atoms with van der Waals surface area (Å²) in [5.74, 6) is 0.341. The summed E-state index contributed by atoms with van der Waals surface area (Å²) in [5.41, 5.74) is 1.21. The molecule has 5 nitrogen and oxygen atoms in total. The molecule has 0 saturated heterocycles. The zero-order valence-corrected chi connectivity index (χ0v) is 15.0. The molecule has 0 unspecified atom stereocenters. The van der Waals surface area contributed by atoms with E-state index in [1.165, 1.54) is 10.4 Å². The Morgan fingerprint density at radius 3 is 2.92 bits per heavy atom. The number of hydrogen-bond donors (Lipinski definition) is 2. The fourth-order valence-electron chi connectivity index (χ4n) is 2.54. The van der Waals surface area contributed by atoms with Gasteiger partial charge in [-0.3, -0.25) is 9.79 Å². The molecule has 25 heavy (non-hydrogen) atoms. The maximum absolute atomic E-state index is 12.3. The number of thiophene rings is 1. The number of aliphatic imine (C=N–C) groups is 1. The minimum absolute atomic E-state index is 0.0375. The first-order chi connectivity index (χ1) is 11.9. The molecule has 9 heteroatoms. The highest BCUT2D eigenvalue weighted by Gasteiger charge is 2.26. The van der Waals surface area contributed by atoms with Crippen molar-refractivity contribution in [2.45, 2.75) is 38.9 Å².